The zero-order valence-corrected chi connectivity index (χ0v) is 16.0. The molecule has 2 aromatic carbocycles. The van der Waals surface area contributed by atoms with Gasteiger partial charge in [0, 0.05) is 12.7 Å². The van der Waals surface area contributed by atoms with Crippen molar-refractivity contribution in [2.75, 3.05) is 33.5 Å². The van der Waals surface area contributed by atoms with E-state index in [9.17, 15) is 0 Å². The molecular formula is C22H24N2O3. The largest absolute Gasteiger partial charge is 0.491 e. The molecule has 1 N–H and O–H groups in total. The normalized spacial score (nSPS) is 10.6. The molecule has 0 amide bonds. The number of methoxy groups -OCH3 is 1. The summed E-state index contributed by atoms with van der Waals surface area (Å²) in [4.78, 5) is 7.73. The van der Waals surface area contributed by atoms with Crippen LogP contribution in [0.25, 0.3) is 11.0 Å². The molecule has 0 aliphatic heterocycles. The molecule has 0 aliphatic carbocycles. The van der Waals surface area contributed by atoms with Crippen molar-refractivity contribution >= 4 is 11.0 Å². The van der Waals surface area contributed by atoms with Gasteiger partial charge in [0.1, 0.15) is 12.4 Å². The van der Waals surface area contributed by atoms with Gasteiger partial charge in [-0.2, -0.15) is 0 Å². The van der Waals surface area contributed by atoms with E-state index in [0.717, 1.165) is 33.5 Å². The third-order valence-corrected chi connectivity index (χ3v) is 4.13. The molecule has 140 valence electrons. The second-order valence-electron chi connectivity index (χ2n) is 6.24. The second-order valence-corrected chi connectivity index (χ2v) is 6.24. The van der Waals surface area contributed by atoms with E-state index in [-0.39, 0.29) is 0 Å². The van der Waals surface area contributed by atoms with Gasteiger partial charge in [0.2, 0.25) is 0 Å². The Bertz CT molecular complexity index is 910. The maximum absolute atomic E-state index is 5.77. The van der Waals surface area contributed by atoms with Crippen molar-refractivity contribution in [2.24, 2.45) is 0 Å². The minimum atomic E-state index is 0.507. The molecule has 3 rings (SSSR count). The lowest BCUT2D eigenvalue weighted by atomic mass is 10.0. The molecule has 1 heterocycles. The van der Waals surface area contributed by atoms with E-state index in [1.807, 2.05) is 50.2 Å². The first-order valence-corrected chi connectivity index (χ1v) is 8.95. The Labute approximate surface area is 159 Å². The number of aromatic nitrogens is 2. The molecule has 1 aromatic heterocycles. The summed E-state index contributed by atoms with van der Waals surface area (Å²) in [5, 5.41) is 0. The quantitative estimate of drug-likeness (QED) is 0.514. The summed E-state index contributed by atoms with van der Waals surface area (Å²) in [5.74, 6) is 7.87. The van der Waals surface area contributed by atoms with Crippen LogP contribution in [-0.4, -0.2) is 43.5 Å². The monoisotopic (exact) mass is 364 g/mol. The Hall–Kier alpha value is -2.81. The minimum absolute atomic E-state index is 0.507. The third-order valence-electron chi connectivity index (χ3n) is 4.13. The number of para-hydroxylation sites is 2. The summed E-state index contributed by atoms with van der Waals surface area (Å²) in [6.07, 6.45) is 0. The van der Waals surface area contributed by atoms with Crippen molar-refractivity contribution in [1.29, 1.82) is 0 Å². The lowest BCUT2D eigenvalue weighted by Gasteiger charge is -2.10. The van der Waals surface area contributed by atoms with Gasteiger partial charge >= 0.3 is 0 Å². The molecule has 0 saturated carbocycles. The third kappa shape index (κ3) is 5.10. The Balaban J connectivity index is 1.66. The van der Waals surface area contributed by atoms with Crippen molar-refractivity contribution in [1.82, 2.24) is 9.97 Å². The highest BCUT2D eigenvalue weighted by Crippen LogP contribution is 2.21. The molecule has 0 saturated heterocycles. The number of aryl methyl sites for hydroxylation is 2. The van der Waals surface area contributed by atoms with E-state index < -0.39 is 0 Å². The van der Waals surface area contributed by atoms with Crippen molar-refractivity contribution in [3.05, 3.63) is 58.9 Å². The average Bonchev–Trinajstić information content (AvgIpc) is 3.07. The van der Waals surface area contributed by atoms with Crippen LogP contribution in [0.4, 0.5) is 0 Å². The van der Waals surface area contributed by atoms with Crippen LogP contribution in [0.1, 0.15) is 22.5 Å². The number of benzene rings is 2. The van der Waals surface area contributed by atoms with E-state index in [1.54, 1.807) is 7.11 Å². The molecule has 3 aromatic rings. The number of rotatable bonds is 7. The second kappa shape index (κ2) is 9.22. The Morgan fingerprint density at radius 2 is 1.70 bits per heavy atom. The van der Waals surface area contributed by atoms with Crippen molar-refractivity contribution in [3.8, 4) is 17.6 Å². The standard InChI is InChI=1S/C22H24N2O3/c1-16-14-18(27-13-12-26-11-10-25-3)15-17(2)19(16)8-9-22-23-20-6-4-5-7-21(20)24-22/h4-7,14-15H,10-13H2,1-3H3,(H,23,24). The lowest BCUT2D eigenvalue weighted by Crippen LogP contribution is -2.10. The molecular weight excluding hydrogens is 340 g/mol. The Morgan fingerprint density at radius 3 is 2.44 bits per heavy atom. The maximum atomic E-state index is 5.77. The van der Waals surface area contributed by atoms with Crippen LogP contribution in [0.15, 0.2) is 36.4 Å². The van der Waals surface area contributed by atoms with Gasteiger partial charge in [0.25, 0.3) is 0 Å². The smallest absolute Gasteiger partial charge is 0.184 e. The van der Waals surface area contributed by atoms with Gasteiger partial charge < -0.3 is 19.2 Å². The average molecular weight is 364 g/mol. The van der Waals surface area contributed by atoms with Crippen LogP contribution < -0.4 is 4.74 Å². The van der Waals surface area contributed by atoms with Gasteiger partial charge in [-0.1, -0.05) is 18.1 Å². The number of hydrogen-bond donors (Lipinski definition) is 1. The summed E-state index contributed by atoms with van der Waals surface area (Å²) in [6, 6.07) is 11.9. The number of fused-ring (bicyclic) bond motifs is 1. The van der Waals surface area contributed by atoms with E-state index in [2.05, 4.69) is 21.8 Å². The number of imidazole rings is 1. The molecule has 0 radical (unpaired) electrons. The molecule has 0 bridgehead atoms. The lowest BCUT2D eigenvalue weighted by molar-refractivity contribution is 0.0544. The number of H-pyrrole nitrogens is 1. The molecule has 0 atom stereocenters. The summed E-state index contributed by atoms with van der Waals surface area (Å²) >= 11 is 0. The number of aromatic amines is 1. The molecule has 0 spiro atoms. The first-order chi connectivity index (χ1) is 13.2. The molecule has 0 fully saturated rings. The Kier molecular flexibility index (Phi) is 6.48. The fraction of sp³-hybridized carbons (Fsp3) is 0.318. The number of ether oxygens (including phenoxy) is 3. The fourth-order valence-corrected chi connectivity index (χ4v) is 2.80. The summed E-state index contributed by atoms with van der Waals surface area (Å²) in [7, 11) is 1.66. The topological polar surface area (TPSA) is 56.4 Å². The van der Waals surface area contributed by atoms with Gasteiger partial charge in [-0.25, -0.2) is 4.98 Å². The van der Waals surface area contributed by atoms with Gasteiger partial charge in [-0.3, -0.25) is 0 Å². The predicted molar refractivity (Wildman–Crippen MR) is 106 cm³/mol. The maximum Gasteiger partial charge on any atom is 0.184 e. The van der Waals surface area contributed by atoms with Crippen LogP contribution in [0, 0.1) is 25.7 Å². The zero-order chi connectivity index (χ0) is 19.1. The van der Waals surface area contributed by atoms with Gasteiger partial charge in [0.15, 0.2) is 5.82 Å². The van der Waals surface area contributed by atoms with E-state index in [1.165, 1.54) is 0 Å². The van der Waals surface area contributed by atoms with Crippen molar-refractivity contribution < 1.29 is 14.2 Å². The van der Waals surface area contributed by atoms with Crippen molar-refractivity contribution in [3.63, 3.8) is 0 Å². The SMILES string of the molecule is COCCOCCOc1cc(C)c(C#Cc2nc3ccccc3[nH]2)c(C)c1. The van der Waals surface area contributed by atoms with Gasteiger partial charge in [-0.05, 0) is 55.2 Å². The van der Waals surface area contributed by atoms with Crippen LogP contribution in [0.5, 0.6) is 5.75 Å². The minimum Gasteiger partial charge on any atom is -0.491 e. The van der Waals surface area contributed by atoms with Gasteiger partial charge in [-0.15, -0.1) is 0 Å². The highest BCUT2D eigenvalue weighted by atomic mass is 16.5. The Morgan fingerprint density at radius 1 is 0.963 bits per heavy atom. The zero-order valence-electron chi connectivity index (χ0n) is 16.0. The number of nitrogens with zero attached hydrogens (tertiary/aromatic N) is 1. The van der Waals surface area contributed by atoms with Crippen LogP contribution in [0.2, 0.25) is 0 Å². The first-order valence-electron chi connectivity index (χ1n) is 8.95. The molecule has 5 nitrogen and oxygen atoms in total. The predicted octanol–water partition coefficient (Wildman–Crippen LogP) is 3.62. The van der Waals surface area contributed by atoms with Crippen molar-refractivity contribution in [2.45, 2.75) is 13.8 Å². The molecule has 0 aliphatic rings. The highest BCUT2D eigenvalue weighted by Gasteiger charge is 2.05. The summed E-state index contributed by atoms with van der Waals surface area (Å²) in [5.41, 5.74) is 5.07. The number of nitrogens with one attached hydrogen (secondary N) is 1. The summed E-state index contributed by atoms with van der Waals surface area (Å²) in [6.45, 7) is 6.29. The van der Waals surface area contributed by atoms with E-state index in [0.29, 0.717) is 32.3 Å². The summed E-state index contributed by atoms with van der Waals surface area (Å²) < 4.78 is 16.1. The van der Waals surface area contributed by atoms with Gasteiger partial charge in [0.05, 0.1) is 30.9 Å². The number of hydrogen-bond acceptors (Lipinski definition) is 4. The first kappa shape index (κ1) is 19.0. The van der Waals surface area contributed by atoms with Crippen LogP contribution >= 0.6 is 0 Å². The van der Waals surface area contributed by atoms with E-state index >= 15 is 0 Å². The fourth-order valence-electron chi connectivity index (χ4n) is 2.80. The molecule has 5 heteroatoms. The highest BCUT2D eigenvalue weighted by molar-refractivity contribution is 5.75. The molecule has 0 unspecified atom stereocenters. The van der Waals surface area contributed by atoms with E-state index in [4.69, 9.17) is 14.2 Å². The van der Waals surface area contributed by atoms with Crippen LogP contribution in [0.3, 0.4) is 0 Å². The molecule has 27 heavy (non-hydrogen) atoms. The van der Waals surface area contributed by atoms with Crippen LogP contribution in [-0.2, 0) is 9.47 Å².